The first-order valence-electron chi connectivity index (χ1n) is 5.59. The third-order valence-electron chi connectivity index (χ3n) is 2.53. The molecule has 94 valence electrons. The van der Waals surface area contributed by atoms with Crippen LogP contribution in [0.3, 0.4) is 0 Å². The summed E-state index contributed by atoms with van der Waals surface area (Å²) in [5.74, 6) is 1.26. The van der Waals surface area contributed by atoms with Crippen LogP contribution in [-0.4, -0.2) is 26.0 Å². The van der Waals surface area contributed by atoms with Crippen LogP contribution < -0.4 is 15.2 Å². The Balaban J connectivity index is 2.81. The molecule has 0 saturated carbocycles. The predicted octanol–water partition coefficient (Wildman–Crippen LogP) is 2.01. The summed E-state index contributed by atoms with van der Waals surface area (Å²) in [6, 6.07) is 5.21. The van der Waals surface area contributed by atoms with Crippen LogP contribution in [0.15, 0.2) is 18.2 Å². The Morgan fingerprint density at radius 3 is 2.47 bits per heavy atom. The second-order valence-electron chi connectivity index (χ2n) is 4.01. The van der Waals surface area contributed by atoms with E-state index in [4.69, 9.17) is 15.2 Å². The van der Waals surface area contributed by atoms with Crippen molar-refractivity contribution in [1.82, 2.24) is 0 Å². The van der Waals surface area contributed by atoms with Gasteiger partial charge in [0, 0.05) is 18.0 Å². The molecule has 4 heteroatoms. The van der Waals surface area contributed by atoms with E-state index in [1.807, 2.05) is 6.92 Å². The fraction of sp³-hybridized carbons (Fsp3) is 0.462. The van der Waals surface area contributed by atoms with Crippen LogP contribution in [0.2, 0.25) is 0 Å². The molecule has 0 spiro atoms. The quantitative estimate of drug-likeness (QED) is 0.769. The van der Waals surface area contributed by atoms with Gasteiger partial charge >= 0.3 is 0 Å². The molecule has 0 aliphatic carbocycles. The smallest absolute Gasteiger partial charge is 0.163 e. The Hall–Kier alpha value is -1.55. The third-order valence-corrected chi connectivity index (χ3v) is 2.53. The molecule has 0 aliphatic rings. The van der Waals surface area contributed by atoms with Gasteiger partial charge in [-0.3, -0.25) is 4.79 Å². The first-order chi connectivity index (χ1) is 8.08. The second-order valence-corrected chi connectivity index (χ2v) is 4.01. The number of hydrogen-bond acceptors (Lipinski definition) is 4. The van der Waals surface area contributed by atoms with Crippen LogP contribution in [0, 0.1) is 0 Å². The zero-order valence-electron chi connectivity index (χ0n) is 10.5. The molecule has 1 unspecified atom stereocenters. The number of hydrogen-bond donors (Lipinski definition) is 1. The molecule has 0 amide bonds. The largest absolute Gasteiger partial charge is 0.493 e. The molecular weight excluding hydrogens is 218 g/mol. The molecule has 0 bridgehead atoms. The molecule has 0 radical (unpaired) electrons. The molecule has 17 heavy (non-hydrogen) atoms. The van der Waals surface area contributed by atoms with Gasteiger partial charge in [-0.25, -0.2) is 0 Å². The molecule has 1 rings (SSSR count). The van der Waals surface area contributed by atoms with Gasteiger partial charge in [0.05, 0.1) is 14.2 Å². The molecular formula is C13H19NO3. The summed E-state index contributed by atoms with van der Waals surface area (Å²) in [5.41, 5.74) is 6.25. The van der Waals surface area contributed by atoms with E-state index >= 15 is 0 Å². The molecule has 1 aromatic rings. The number of carbonyl (C=O) groups excluding carboxylic acids is 1. The molecule has 0 saturated heterocycles. The van der Waals surface area contributed by atoms with E-state index in [-0.39, 0.29) is 11.8 Å². The topological polar surface area (TPSA) is 61.5 Å². The summed E-state index contributed by atoms with van der Waals surface area (Å²) >= 11 is 0. The van der Waals surface area contributed by atoms with Crippen molar-refractivity contribution in [2.45, 2.75) is 25.8 Å². The highest BCUT2D eigenvalue weighted by Crippen LogP contribution is 2.28. The zero-order chi connectivity index (χ0) is 12.8. The van der Waals surface area contributed by atoms with E-state index < -0.39 is 0 Å². The summed E-state index contributed by atoms with van der Waals surface area (Å²) in [5, 5.41) is 0. The molecule has 0 aliphatic heterocycles. The number of rotatable bonds is 6. The third kappa shape index (κ3) is 3.75. The highest BCUT2D eigenvalue weighted by atomic mass is 16.5. The minimum absolute atomic E-state index is 0.0408. The number of ether oxygens (including phenoxy) is 2. The van der Waals surface area contributed by atoms with E-state index in [9.17, 15) is 4.79 Å². The lowest BCUT2D eigenvalue weighted by Gasteiger charge is -2.09. The van der Waals surface area contributed by atoms with Gasteiger partial charge in [0.15, 0.2) is 17.3 Å². The summed E-state index contributed by atoms with van der Waals surface area (Å²) in [6.07, 6.45) is 1.14. The van der Waals surface area contributed by atoms with E-state index in [0.717, 1.165) is 0 Å². The van der Waals surface area contributed by atoms with E-state index in [2.05, 4.69) is 0 Å². The van der Waals surface area contributed by atoms with Crippen molar-refractivity contribution in [3.63, 3.8) is 0 Å². The number of benzene rings is 1. The fourth-order valence-corrected chi connectivity index (χ4v) is 1.51. The van der Waals surface area contributed by atoms with Crippen molar-refractivity contribution in [3.05, 3.63) is 23.8 Å². The number of methoxy groups -OCH3 is 2. The van der Waals surface area contributed by atoms with Crippen molar-refractivity contribution in [3.8, 4) is 11.5 Å². The second kappa shape index (κ2) is 6.25. The Labute approximate surface area is 102 Å². The van der Waals surface area contributed by atoms with Gasteiger partial charge in [-0.15, -0.1) is 0 Å². The highest BCUT2D eigenvalue weighted by molar-refractivity contribution is 5.96. The first kappa shape index (κ1) is 13.5. The van der Waals surface area contributed by atoms with Crippen molar-refractivity contribution < 1.29 is 14.3 Å². The molecule has 0 fully saturated rings. The van der Waals surface area contributed by atoms with Gasteiger partial charge in [-0.1, -0.05) is 0 Å². The normalized spacial score (nSPS) is 12.0. The molecule has 0 aromatic heterocycles. The standard InChI is InChI=1S/C13H19NO3/c1-9(14)4-6-11(15)10-5-7-12(16-2)13(8-10)17-3/h5,7-9H,4,6,14H2,1-3H3. The van der Waals surface area contributed by atoms with E-state index in [1.54, 1.807) is 32.4 Å². The van der Waals surface area contributed by atoms with Crippen LogP contribution in [0.5, 0.6) is 11.5 Å². The number of ketones is 1. The van der Waals surface area contributed by atoms with Gasteiger partial charge in [0.25, 0.3) is 0 Å². The molecule has 2 N–H and O–H groups in total. The molecule has 0 heterocycles. The van der Waals surface area contributed by atoms with Crippen molar-refractivity contribution in [2.24, 2.45) is 5.73 Å². The number of carbonyl (C=O) groups is 1. The number of Topliss-reactive ketones (excluding diaryl/α,β-unsaturated/α-hetero) is 1. The van der Waals surface area contributed by atoms with Gasteiger partial charge in [-0.2, -0.15) is 0 Å². The minimum Gasteiger partial charge on any atom is -0.493 e. The van der Waals surface area contributed by atoms with Crippen LogP contribution in [0.1, 0.15) is 30.1 Å². The molecule has 1 aromatic carbocycles. The lowest BCUT2D eigenvalue weighted by Crippen LogP contribution is -2.16. The maximum Gasteiger partial charge on any atom is 0.163 e. The lowest BCUT2D eigenvalue weighted by molar-refractivity contribution is 0.0977. The Morgan fingerprint density at radius 2 is 1.94 bits per heavy atom. The Kier molecular flexibility index (Phi) is 4.97. The van der Waals surface area contributed by atoms with Gasteiger partial charge < -0.3 is 15.2 Å². The monoisotopic (exact) mass is 237 g/mol. The fourth-order valence-electron chi connectivity index (χ4n) is 1.51. The van der Waals surface area contributed by atoms with Crippen LogP contribution in [-0.2, 0) is 0 Å². The van der Waals surface area contributed by atoms with Crippen molar-refractivity contribution >= 4 is 5.78 Å². The van der Waals surface area contributed by atoms with Crippen LogP contribution in [0.25, 0.3) is 0 Å². The molecule has 1 atom stereocenters. The van der Waals surface area contributed by atoms with E-state index in [0.29, 0.717) is 29.9 Å². The van der Waals surface area contributed by atoms with Crippen LogP contribution >= 0.6 is 0 Å². The summed E-state index contributed by atoms with van der Waals surface area (Å²) < 4.78 is 10.3. The minimum atomic E-state index is 0.0408. The van der Waals surface area contributed by atoms with Crippen molar-refractivity contribution in [2.75, 3.05) is 14.2 Å². The predicted molar refractivity (Wildman–Crippen MR) is 66.8 cm³/mol. The average Bonchev–Trinajstić information content (AvgIpc) is 2.34. The molecule has 4 nitrogen and oxygen atoms in total. The lowest BCUT2D eigenvalue weighted by atomic mass is 10.0. The van der Waals surface area contributed by atoms with E-state index in [1.165, 1.54) is 0 Å². The summed E-state index contributed by atoms with van der Waals surface area (Å²) in [4.78, 5) is 11.9. The van der Waals surface area contributed by atoms with Crippen LogP contribution in [0.4, 0.5) is 0 Å². The van der Waals surface area contributed by atoms with Gasteiger partial charge in [0.2, 0.25) is 0 Å². The van der Waals surface area contributed by atoms with Crippen molar-refractivity contribution in [1.29, 1.82) is 0 Å². The first-order valence-corrected chi connectivity index (χ1v) is 5.59. The summed E-state index contributed by atoms with van der Waals surface area (Å²) in [7, 11) is 3.11. The van der Waals surface area contributed by atoms with Gasteiger partial charge in [-0.05, 0) is 31.5 Å². The SMILES string of the molecule is COc1ccc(C(=O)CCC(C)N)cc1OC. The van der Waals surface area contributed by atoms with Gasteiger partial charge in [0.1, 0.15) is 0 Å². The summed E-state index contributed by atoms with van der Waals surface area (Å²) in [6.45, 7) is 1.89. The Morgan fingerprint density at radius 1 is 1.29 bits per heavy atom. The zero-order valence-corrected chi connectivity index (χ0v) is 10.5. The average molecular weight is 237 g/mol. The maximum absolute atomic E-state index is 11.9. The maximum atomic E-state index is 11.9. The highest BCUT2D eigenvalue weighted by Gasteiger charge is 2.11. The Bertz CT molecular complexity index is 388. The number of nitrogens with two attached hydrogens (primary N) is 1.